The van der Waals surface area contributed by atoms with Crippen LogP contribution in [0.15, 0.2) is 85.6 Å². The summed E-state index contributed by atoms with van der Waals surface area (Å²) in [4.78, 5) is 30.8. The first-order valence-corrected chi connectivity index (χ1v) is 11.8. The largest absolute Gasteiger partial charge is 0.382 e. The average Bonchev–Trinajstić information content (AvgIpc) is 3.41. The summed E-state index contributed by atoms with van der Waals surface area (Å²) in [5.41, 5.74) is 17.6. The summed E-state index contributed by atoms with van der Waals surface area (Å²) in [7, 11) is 0. The standard InChI is InChI=1S/C28H26N8O/c1-18-15-21(8-7-19(18)9-11-29)22-17-33-26(30)25(34-22)28(37)35-23-16-31-12-10-24(23)36-14-13-32-27(36)20-5-3-2-4-6-20/h2-8,10,12-17H,9,11,29H2,1H3,(H2,30,33)(H,35,37). The van der Waals surface area contributed by atoms with Gasteiger partial charge in [-0.2, -0.15) is 0 Å². The summed E-state index contributed by atoms with van der Waals surface area (Å²) in [6.45, 7) is 2.60. The summed E-state index contributed by atoms with van der Waals surface area (Å²) >= 11 is 0. The van der Waals surface area contributed by atoms with Crippen LogP contribution in [0.2, 0.25) is 0 Å². The molecule has 0 aliphatic carbocycles. The third kappa shape index (κ3) is 4.93. The summed E-state index contributed by atoms with van der Waals surface area (Å²) in [5.74, 6) is 0.284. The van der Waals surface area contributed by atoms with Crippen molar-refractivity contribution >= 4 is 17.4 Å². The molecule has 9 heteroatoms. The van der Waals surface area contributed by atoms with Crippen LogP contribution in [-0.4, -0.2) is 37.0 Å². The number of nitrogen functional groups attached to an aromatic ring is 1. The zero-order valence-corrected chi connectivity index (χ0v) is 20.3. The quantitative estimate of drug-likeness (QED) is 0.313. The van der Waals surface area contributed by atoms with Gasteiger partial charge in [-0.1, -0.05) is 42.5 Å². The summed E-state index contributed by atoms with van der Waals surface area (Å²) in [5, 5.41) is 2.90. The van der Waals surface area contributed by atoms with E-state index in [1.54, 1.807) is 30.9 Å². The molecule has 184 valence electrons. The number of nitrogens with one attached hydrogen (secondary N) is 1. The number of nitrogens with two attached hydrogens (primary N) is 2. The van der Waals surface area contributed by atoms with Gasteiger partial charge in [0, 0.05) is 29.7 Å². The van der Waals surface area contributed by atoms with Crippen molar-refractivity contribution < 1.29 is 4.79 Å². The molecule has 3 aromatic heterocycles. The number of carbonyl (C=O) groups is 1. The van der Waals surface area contributed by atoms with E-state index in [0.29, 0.717) is 23.6 Å². The van der Waals surface area contributed by atoms with Gasteiger partial charge in [0.15, 0.2) is 11.5 Å². The van der Waals surface area contributed by atoms with Gasteiger partial charge < -0.3 is 16.8 Å². The molecule has 2 aromatic carbocycles. The molecule has 3 heterocycles. The number of anilines is 2. The van der Waals surface area contributed by atoms with Crippen LogP contribution in [0, 0.1) is 6.92 Å². The van der Waals surface area contributed by atoms with Gasteiger partial charge in [-0.05, 0) is 43.1 Å². The summed E-state index contributed by atoms with van der Waals surface area (Å²) in [6.07, 6.45) is 9.14. The highest BCUT2D eigenvalue weighted by atomic mass is 16.1. The Kier molecular flexibility index (Phi) is 6.69. The zero-order valence-electron chi connectivity index (χ0n) is 20.3. The van der Waals surface area contributed by atoms with E-state index in [1.807, 2.05) is 66.2 Å². The molecule has 5 rings (SSSR count). The van der Waals surface area contributed by atoms with Crippen LogP contribution >= 0.6 is 0 Å². The number of imidazole rings is 1. The zero-order chi connectivity index (χ0) is 25.8. The Balaban J connectivity index is 1.46. The number of carbonyl (C=O) groups excluding carboxylic acids is 1. The van der Waals surface area contributed by atoms with Gasteiger partial charge in [-0.15, -0.1) is 0 Å². The van der Waals surface area contributed by atoms with Crippen molar-refractivity contribution in [1.29, 1.82) is 0 Å². The van der Waals surface area contributed by atoms with Crippen LogP contribution < -0.4 is 16.8 Å². The molecule has 0 saturated heterocycles. The topological polar surface area (TPSA) is 138 Å². The molecule has 5 aromatic rings. The number of hydrogen-bond acceptors (Lipinski definition) is 7. The third-order valence-corrected chi connectivity index (χ3v) is 6.05. The molecule has 0 spiro atoms. The average molecular weight is 491 g/mol. The summed E-state index contributed by atoms with van der Waals surface area (Å²) < 4.78 is 1.89. The highest BCUT2D eigenvalue weighted by Crippen LogP contribution is 2.27. The first-order chi connectivity index (χ1) is 18.0. The maximum Gasteiger partial charge on any atom is 0.278 e. The van der Waals surface area contributed by atoms with Gasteiger partial charge >= 0.3 is 0 Å². The van der Waals surface area contributed by atoms with Crippen LogP contribution in [0.4, 0.5) is 11.5 Å². The van der Waals surface area contributed by atoms with E-state index in [4.69, 9.17) is 11.5 Å². The van der Waals surface area contributed by atoms with Gasteiger partial charge in [-0.3, -0.25) is 14.3 Å². The van der Waals surface area contributed by atoms with Crippen molar-refractivity contribution in [3.63, 3.8) is 0 Å². The Hall–Kier alpha value is -4.89. The van der Waals surface area contributed by atoms with Crippen molar-refractivity contribution in [2.75, 3.05) is 17.6 Å². The van der Waals surface area contributed by atoms with Crippen LogP contribution in [-0.2, 0) is 6.42 Å². The van der Waals surface area contributed by atoms with Crippen molar-refractivity contribution in [2.24, 2.45) is 5.73 Å². The molecular weight excluding hydrogens is 464 g/mol. The fourth-order valence-electron chi connectivity index (χ4n) is 4.17. The van der Waals surface area contributed by atoms with Crippen molar-refractivity contribution in [1.82, 2.24) is 24.5 Å². The van der Waals surface area contributed by atoms with Crippen molar-refractivity contribution in [3.8, 4) is 28.3 Å². The second kappa shape index (κ2) is 10.4. The lowest BCUT2D eigenvalue weighted by atomic mass is 10.0. The molecule has 0 saturated carbocycles. The Morgan fingerprint density at radius 3 is 2.62 bits per heavy atom. The molecule has 0 fully saturated rings. The number of benzene rings is 2. The summed E-state index contributed by atoms with van der Waals surface area (Å²) in [6, 6.07) is 17.6. The second-order valence-electron chi connectivity index (χ2n) is 8.50. The van der Waals surface area contributed by atoms with Crippen LogP contribution in [0.25, 0.3) is 28.3 Å². The van der Waals surface area contributed by atoms with Crippen LogP contribution in [0.3, 0.4) is 0 Å². The lowest BCUT2D eigenvalue weighted by molar-refractivity contribution is 0.102. The van der Waals surface area contributed by atoms with E-state index in [-0.39, 0.29) is 11.5 Å². The van der Waals surface area contributed by atoms with E-state index in [0.717, 1.165) is 28.9 Å². The molecule has 1 amide bonds. The molecule has 5 N–H and O–H groups in total. The normalized spacial score (nSPS) is 10.9. The SMILES string of the molecule is Cc1cc(-c2cnc(N)c(C(=O)Nc3cnccc3-n3ccnc3-c3ccccc3)n2)ccc1CCN. The second-order valence-corrected chi connectivity index (χ2v) is 8.50. The Morgan fingerprint density at radius 1 is 1.00 bits per heavy atom. The Labute approximate surface area is 214 Å². The van der Waals surface area contributed by atoms with Crippen LogP contribution in [0.5, 0.6) is 0 Å². The van der Waals surface area contributed by atoms with Gasteiger partial charge in [0.25, 0.3) is 5.91 Å². The van der Waals surface area contributed by atoms with E-state index in [2.05, 4.69) is 25.3 Å². The molecule has 0 aliphatic rings. The van der Waals surface area contributed by atoms with E-state index in [9.17, 15) is 4.79 Å². The first-order valence-electron chi connectivity index (χ1n) is 11.8. The van der Waals surface area contributed by atoms with E-state index in [1.165, 1.54) is 5.56 Å². The highest BCUT2D eigenvalue weighted by Gasteiger charge is 2.18. The molecule has 0 atom stereocenters. The van der Waals surface area contributed by atoms with Gasteiger partial charge in [0.1, 0.15) is 5.82 Å². The minimum Gasteiger partial charge on any atom is -0.382 e. The monoisotopic (exact) mass is 490 g/mol. The number of hydrogen-bond donors (Lipinski definition) is 3. The molecular formula is C28H26N8O. The molecule has 0 radical (unpaired) electrons. The lowest BCUT2D eigenvalue weighted by Crippen LogP contribution is -2.18. The number of rotatable bonds is 7. The number of pyridine rings is 1. The first kappa shape index (κ1) is 23.8. The van der Waals surface area contributed by atoms with E-state index >= 15 is 0 Å². The van der Waals surface area contributed by atoms with Crippen LogP contribution in [0.1, 0.15) is 21.6 Å². The predicted octanol–water partition coefficient (Wildman–Crippen LogP) is 4.04. The fraction of sp³-hybridized carbons (Fsp3) is 0.107. The Bertz CT molecular complexity index is 1560. The molecule has 0 bridgehead atoms. The minimum absolute atomic E-state index is 0.0323. The highest BCUT2D eigenvalue weighted by molar-refractivity contribution is 6.06. The molecule has 0 aliphatic heterocycles. The number of nitrogens with zero attached hydrogens (tertiary/aromatic N) is 5. The van der Waals surface area contributed by atoms with Gasteiger partial charge in [0.05, 0.1) is 29.5 Å². The fourth-order valence-corrected chi connectivity index (χ4v) is 4.17. The van der Waals surface area contributed by atoms with E-state index < -0.39 is 5.91 Å². The van der Waals surface area contributed by atoms with Gasteiger partial charge in [0.2, 0.25) is 0 Å². The maximum atomic E-state index is 13.3. The molecule has 0 unspecified atom stereocenters. The maximum absolute atomic E-state index is 13.3. The van der Waals surface area contributed by atoms with Gasteiger partial charge in [-0.25, -0.2) is 15.0 Å². The van der Waals surface area contributed by atoms with Crippen molar-refractivity contribution in [2.45, 2.75) is 13.3 Å². The number of aryl methyl sites for hydroxylation is 1. The molecule has 9 nitrogen and oxygen atoms in total. The smallest absolute Gasteiger partial charge is 0.278 e. The predicted molar refractivity (Wildman–Crippen MR) is 144 cm³/mol. The molecule has 37 heavy (non-hydrogen) atoms. The minimum atomic E-state index is -0.487. The number of amides is 1. The third-order valence-electron chi connectivity index (χ3n) is 6.05. The Morgan fingerprint density at radius 2 is 1.84 bits per heavy atom. The lowest BCUT2D eigenvalue weighted by Gasteiger charge is -2.14. The van der Waals surface area contributed by atoms with Crippen molar-refractivity contribution in [3.05, 3.63) is 102 Å². The number of aromatic nitrogens is 5.